The Morgan fingerprint density at radius 3 is 2.76 bits per heavy atom. The van der Waals surface area contributed by atoms with Crippen LogP contribution in [0.3, 0.4) is 0 Å². The first-order valence-corrected chi connectivity index (χ1v) is 6.79. The fourth-order valence-corrected chi connectivity index (χ4v) is 2.65. The van der Waals surface area contributed by atoms with Crippen molar-refractivity contribution in [1.82, 2.24) is 4.98 Å². The Morgan fingerprint density at radius 2 is 2.18 bits per heavy atom. The normalized spacial score (nSPS) is 10.6. The third-order valence-corrected chi connectivity index (χ3v) is 4.09. The number of nitrogens with one attached hydrogen (secondary N) is 1. The van der Waals surface area contributed by atoms with Gasteiger partial charge in [0.1, 0.15) is 5.82 Å². The Kier molecular flexibility index (Phi) is 3.79. The first-order valence-electron chi connectivity index (χ1n) is 5.18. The van der Waals surface area contributed by atoms with Crippen LogP contribution < -0.4 is 5.32 Å². The lowest BCUT2D eigenvalue weighted by molar-refractivity contribution is 0.621. The van der Waals surface area contributed by atoms with Gasteiger partial charge in [-0.1, -0.05) is 0 Å². The van der Waals surface area contributed by atoms with Gasteiger partial charge in [0.2, 0.25) is 0 Å². The molecule has 5 heteroatoms. The van der Waals surface area contributed by atoms with Crippen molar-refractivity contribution in [2.24, 2.45) is 0 Å². The number of thiazole rings is 1. The van der Waals surface area contributed by atoms with Crippen LogP contribution in [0.1, 0.15) is 15.6 Å². The zero-order valence-electron chi connectivity index (χ0n) is 9.55. The van der Waals surface area contributed by atoms with E-state index in [4.69, 9.17) is 0 Å². The van der Waals surface area contributed by atoms with Gasteiger partial charge in [0, 0.05) is 10.6 Å². The van der Waals surface area contributed by atoms with Gasteiger partial charge in [0.25, 0.3) is 0 Å². The number of rotatable bonds is 3. The molecule has 0 radical (unpaired) electrons. The summed E-state index contributed by atoms with van der Waals surface area (Å²) in [5.74, 6) is -0.257. The second-order valence-electron chi connectivity index (χ2n) is 3.72. The number of hydrogen-bond donors (Lipinski definition) is 1. The van der Waals surface area contributed by atoms with Crippen LogP contribution in [0.2, 0.25) is 0 Å². The molecule has 0 unspecified atom stereocenters. The van der Waals surface area contributed by atoms with E-state index in [2.05, 4.69) is 26.2 Å². The fourth-order valence-electron chi connectivity index (χ4n) is 1.53. The molecule has 0 saturated carbocycles. The standard InChI is InChI=1S/C12H12BrFN2S/c1-7-12(17-8(2)16-7)6-15-9-3-4-10(13)11(14)5-9/h3-5,15H,6H2,1-2H3. The molecule has 2 nitrogen and oxygen atoms in total. The molecule has 1 aromatic heterocycles. The number of hydrogen-bond acceptors (Lipinski definition) is 3. The quantitative estimate of drug-likeness (QED) is 0.915. The average molecular weight is 315 g/mol. The minimum atomic E-state index is -0.257. The number of nitrogens with zero attached hydrogens (tertiary/aromatic N) is 1. The van der Waals surface area contributed by atoms with E-state index in [0.717, 1.165) is 16.4 Å². The van der Waals surface area contributed by atoms with Gasteiger partial charge in [0.05, 0.1) is 21.7 Å². The van der Waals surface area contributed by atoms with Crippen LogP contribution in [-0.2, 0) is 6.54 Å². The van der Waals surface area contributed by atoms with Crippen molar-refractivity contribution in [3.05, 3.63) is 44.1 Å². The van der Waals surface area contributed by atoms with E-state index < -0.39 is 0 Å². The van der Waals surface area contributed by atoms with Gasteiger partial charge >= 0.3 is 0 Å². The molecule has 0 aliphatic rings. The first kappa shape index (κ1) is 12.5. The molecule has 1 aromatic carbocycles. The minimum Gasteiger partial charge on any atom is -0.380 e. The summed E-state index contributed by atoms with van der Waals surface area (Å²) < 4.78 is 13.8. The van der Waals surface area contributed by atoms with Crippen LogP contribution in [0.15, 0.2) is 22.7 Å². The number of benzene rings is 1. The zero-order valence-corrected chi connectivity index (χ0v) is 12.0. The molecule has 0 atom stereocenters. The third kappa shape index (κ3) is 3.04. The van der Waals surface area contributed by atoms with Crippen LogP contribution in [0.25, 0.3) is 0 Å². The largest absolute Gasteiger partial charge is 0.380 e. The Bertz CT molecular complexity index is 539. The van der Waals surface area contributed by atoms with Crippen molar-refractivity contribution < 1.29 is 4.39 Å². The molecule has 0 aliphatic heterocycles. The van der Waals surface area contributed by atoms with E-state index in [9.17, 15) is 4.39 Å². The SMILES string of the molecule is Cc1nc(C)c(CNc2ccc(Br)c(F)c2)s1. The number of anilines is 1. The topological polar surface area (TPSA) is 24.9 Å². The van der Waals surface area contributed by atoms with Gasteiger partial charge in [0.15, 0.2) is 0 Å². The van der Waals surface area contributed by atoms with Crippen molar-refractivity contribution in [3.8, 4) is 0 Å². The molecule has 90 valence electrons. The molecule has 0 spiro atoms. The predicted octanol–water partition coefficient (Wildman–Crippen LogP) is 4.27. The molecule has 0 saturated heterocycles. The van der Waals surface area contributed by atoms with Crippen LogP contribution in [-0.4, -0.2) is 4.98 Å². The summed E-state index contributed by atoms with van der Waals surface area (Å²) in [5, 5.41) is 4.25. The van der Waals surface area contributed by atoms with E-state index >= 15 is 0 Å². The third-order valence-electron chi connectivity index (χ3n) is 2.37. The summed E-state index contributed by atoms with van der Waals surface area (Å²) in [6.45, 7) is 4.65. The highest BCUT2D eigenvalue weighted by Crippen LogP contribution is 2.22. The van der Waals surface area contributed by atoms with E-state index in [0.29, 0.717) is 11.0 Å². The lowest BCUT2D eigenvalue weighted by atomic mass is 10.3. The number of aromatic nitrogens is 1. The van der Waals surface area contributed by atoms with Crippen LogP contribution in [0.4, 0.5) is 10.1 Å². The Morgan fingerprint density at radius 1 is 1.41 bits per heavy atom. The summed E-state index contributed by atoms with van der Waals surface area (Å²) >= 11 is 4.79. The van der Waals surface area contributed by atoms with Gasteiger partial charge in [-0.05, 0) is 48.0 Å². The van der Waals surface area contributed by atoms with Crippen molar-refractivity contribution in [2.45, 2.75) is 20.4 Å². The second-order valence-corrected chi connectivity index (χ2v) is 5.87. The predicted molar refractivity (Wildman–Crippen MR) is 73.0 cm³/mol. The molecule has 0 bridgehead atoms. The Labute approximate surface area is 112 Å². The smallest absolute Gasteiger partial charge is 0.139 e. The molecule has 1 N–H and O–H groups in total. The second kappa shape index (κ2) is 5.14. The average Bonchev–Trinajstić information content (AvgIpc) is 2.59. The molecule has 2 aromatic rings. The minimum absolute atomic E-state index is 0.257. The Hall–Kier alpha value is -0.940. The lowest BCUT2D eigenvalue weighted by Gasteiger charge is -2.06. The number of aryl methyl sites for hydroxylation is 2. The summed E-state index contributed by atoms with van der Waals surface area (Å²) in [6.07, 6.45) is 0. The van der Waals surface area contributed by atoms with Crippen LogP contribution >= 0.6 is 27.3 Å². The molecule has 0 aliphatic carbocycles. The van der Waals surface area contributed by atoms with E-state index in [1.54, 1.807) is 17.4 Å². The van der Waals surface area contributed by atoms with Gasteiger partial charge in [-0.25, -0.2) is 9.37 Å². The summed E-state index contributed by atoms with van der Waals surface area (Å²) in [6, 6.07) is 5.02. The molecule has 0 fully saturated rings. The highest BCUT2D eigenvalue weighted by molar-refractivity contribution is 9.10. The molecule has 0 amide bonds. The zero-order chi connectivity index (χ0) is 12.4. The van der Waals surface area contributed by atoms with Crippen molar-refractivity contribution in [2.75, 3.05) is 5.32 Å². The van der Waals surface area contributed by atoms with E-state index in [1.165, 1.54) is 10.9 Å². The summed E-state index contributed by atoms with van der Waals surface area (Å²) in [5.41, 5.74) is 1.81. The first-order chi connectivity index (χ1) is 8.06. The molecule has 17 heavy (non-hydrogen) atoms. The van der Waals surface area contributed by atoms with E-state index in [1.807, 2.05) is 19.9 Å². The monoisotopic (exact) mass is 314 g/mol. The highest BCUT2D eigenvalue weighted by Gasteiger charge is 2.05. The number of halogens is 2. The maximum atomic E-state index is 13.3. The van der Waals surface area contributed by atoms with E-state index in [-0.39, 0.29) is 5.82 Å². The van der Waals surface area contributed by atoms with Gasteiger partial charge in [-0.3, -0.25) is 0 Å². The van der Waals surface area contributed by atoms with Crippen molar-refractivity contribution >= 4 is 33.0 Å². The highest BCUT2D eigenvalue weighted by atomic mass is 79.9. The summed E-state index contributed by atoms with van der Waals surface area (Å²) in [4.78, 5) is 5.54. The van der Waals surface area contributed by atoms with Crippen LogP contribution in [0, 0.1) is 19.7 Å². The van der Waals surface area contributed by atoms with Crippen molar-refractivity contribution in [3.63, 3.8) is 0 Å². The summed E-state index contributed by atoms with van der Waals surface area (Å²) in [7, 11) is 0. The van der Waals surface area contributed by atoms with Gasteiger partial charge in [-0.2, -0.15) is 0 Å². The molecule has 1 heterocycles. The molecular weight excluding hydrogens is 303 g/mol. The Balaban J connectivity index is 2.07. The van der Waals surface area contributed by atoms with Gasteiger partial charge in [-0.15, -0.1) is 11.3 Å². The molecular formula is C12H12BrFN2S. The molecule has 2 rings (SSSR count). The van der Waals surface area contributed by atoms with Gasteiger partial charge < -0.3 is 5.32 Å². The lowest BCUT2D eigenvalue weighted by Crippen LogP contribution is -1.99. The van der Waals surface area contributed by atoms with Crippen LogP contribution in [0.5, 0.6) is 0 Å². The van der Waals surface area contributed by atoms with Crippen molar-refractivity contribution in [1.29, 1.82) is 0 Å². The maximum absolute atomic E-state index is 13.3. The maximum Gasteiger partial charge on any atom is 0.139 e. The fraction of sp³-hybridized carbons (Fsp3) is 0.250.